The summed E-state index contributed by atoms with van der Waals surface area (Å²) in [7, 11) is 2.26. The Balaban J connectivity index is 1.65. The van der Waals surface area contributed by atoms with Crippen molar-refractivity contribution < 1.29 is 4.74 Å². The summed E-state index contributed by atoms with van der Waals surface area (Å²) < 4.78 is 7.20. The maximum Gasteiger partial charge on any atom is 0.175 e. The van der Waals surface area contributed by atoms with Gasteiger partial charge in [0.1, 0.15) is 6.10 Å². The lowest BCUT2D eigenvalue weighted by molar-refractivity contribution is 0.0685. The summed E-state index contributed by atoms with van der Waals surface area (Å²) in [5.41, 5.74) is 0. The van der Waals surface area contributed by atoms with Crippen LogP contribution < -0.4 is 4.74 Å². The predicted octanol–water partition coefficient (Wildman–Crippen LogP) is 3.51. The van der Waals surface area contributed by atoms with Crippen LogP contribution in [0.3, 0.4) is 0 Å². The van der Waals surface area contributed by atoms with Crippen LogP contribution in [0.5, 0.6) is 5.06 Å². The minimum atomic E-state index is 0.430. The van der Waals surface area contributed by atoms with E-state index in [2.05, 4.69) is 39.3 Å². The van der Waals surface area contributed by atoms with Crippen LogP contribution in [0.2, 0.25) is 0 Å². The standard InChI is InChI=1S/C12H16BrNOS/c1-14-9-2-3-10(14)6-11(5-9)15-12-4-8(13)7-16-12/h4,7,9-11H,2-3,5-6H2,1H3/t9-,10+,11-. The summed E-state index contributed by atoms with van der Waals surface area (Å²) in [6.07, 6.45) is 5.54. The van der Waals surface area contributed by atoms with Crippen LogP contribution in [0.15, 0.2) is 15.9 Å². The fourth-order valence-electron chi connectivity index (χ4n) is 2.98. The third kappa shape index (κ3) is 2.03. The van der Waals surface area contributed by atoms with E-state index in [1.807, 2.05) is 0 Å². The second kappa shape index (κ2) is 4.31. The van der Waals surface area contributed by atoms with Crippen LogP contribution in [0, 0.1) is 0 Å². The molecular formula is C12H16BrNOS. The van der Waals surface area contributed by atoms with E-state index < -0.39 is 0 Å². The zero-order valence-corrected chi connectivity index (χ0v) is 11.8. The van der Waals surface area contributed by atoms with E-state index in [9.17, 15) is 0 Å². The summed E-state index contributed by atoms with van der Waals surface area (Å²) in [6.45, 7) is 0. The van der Waals surface area contributed by atoms with Gasteiger partial charge in [-0.05, 0) is 48.7 Å². The molecule has 2 saturated heterocycles. The van der Waals surface area contributed by atoms with Crippen LogP contribution in [0.25, 0.3) is 0 Å². The van der Waals surface area contributed by atoms with Gasteiger partial charge in [0, 0.05) is 28.0 Å². The van der Waals surface area contributed by atoms with Crippen molar-refractivity contribution in [1.82, 2.24) is 4.90 Å². The quantitative estimate of drug-likeness (QED) is 0.829. The summed E-state index contributed by atoms with van der Waals surface area (Å²) in [4.78, 5) is 2.55. The van der Waals surface area contributed by atoms with Gasteiger partial charge in [-0.2, -0.15) is 0 Å². The number of hydrogen-bond donors (Lipinski definition) is 0. The molecule has 88 valence electrons. The molecule has 0 radical (unpaired) electrons. The van der Waals surface area contributed by atoms with Crippen LogP contribution in [-0.4, -0.2) is 30.1 Å². The highest BCUT2D eigenvalue weighted by Crippen LogP contribution is 2.37. The molecule has 2 aliphatic rings. The lowest BCUT2D eigenvalue weighted by Crippen LogP contribution is -2.43. The molecule has 0 saturated carbocycles. The molecule has 3 rings (SSSR count). The van der Waals surface area contributed by atoms with Gasteiger partial charge in [-0.15, -0.1) is 11.3 Å². The highest BCUT2D eigenvalue weighted by atomic mass is 79.9. The van der Waals surface area contributed by atoms with Gasteiger partial charge in [-0.3, -0.25) is 0 Å². The maximum atomic E-state index is 6.07. The topological polar surface area (TPSA) is 12.5 Å². The SMILES string of the molecule is CN1[C@@H]2CC[C@H]1C[C@H](Oc1cc(Br)cs1)C2. The Morgan fingerprint density at radius 1 is 1.38 bits per heavy atom. The molecule has 2 aliphatic heterocycles. The molecule has 0 amide bonds. The van der Waals surface area contributed by atoms with E-state index in [1.165, 1.54) is 25.7 Å². The van der Waals surface area contributed by atoms with Crippen LogP contribution in [0.1, 0.15) is 25.7 Å². The van der Waals surface area contributed by atoms with E-state index in [0.29, 0.717) is 6.10 Å². The largest absolute Gasteiger partial charge is 0.481 e. The van der Waals surface area contributed by atoms with Gasteiger partial charge in [0.25, 0.3) is 0 Å². The Morgan fingerprint density at radius 2 is 2.06 bits per heavy atom. The summed E-state index contributed by atoms with van der Waals surface area (Å²) in [5.74, 6) is 0. The number of fused-ring (bicyclic) bond motifs is 2. The maximum absolute atomic E-state index is 6.07. The fourth-order valence-corrected chi connectivity index (χ4v) is 4.30. The second-order valence-corrected chi connectivity index (χ2v) is 6.64. The molecule has 3 atom stereocenters. The van der Waals surface area contributed by atoms with Crippen molar-refractivity contribution >= 4 is 27.3 Å². The normalized spacial score (nSPS) is 34.2. The average Bonchev–Trinajstić information content (AvgIpc) is 2.72. The molecule has 2 fully saturated rings. The van der Waals surface area contributed by atoms with Crippen LogP contribution in [-0.2, 0) is 0 Å². The number of hydrogen-bond acceptors (Lipinski definition) is 3. The smallest absolute Gasteiger partial charge is 0.175 e. The molecule has 0 spiro atoms. The minimum absolute atomic E-state index is 0.430. The number of thiophene rings is 1. The van der Waals surface area contributed by atoms with E-state index in [4.69, 9.17) is 4.74 Å². The molecule has 16 heavy (non-hydrogen) atoms. The van der Waals surface area contributed by atoms with E-state index in [-0.39, 0.29) is 0 Å². The molecule has 4 heteroatoms. The van der Waals surface area contributed by atoms with E-state index in [1.54, 1.807) is 11.3 Å². The number of piperidine rings is 1. The molecule has 3 heterocycles. The van der Waals surface area contributed by atoms with Crippen molar-refractivity contribution in [3.63, 3.8) is 0 Å². The van der Waals surface area contributed by atoms with Crippen molar-refractivity contribution in [3.05, 3.63) is 15.9 Å². The summed E-state index contributed by atoms with van der Waals surface area (Å²) >= 11 is 5.15. The lowest BCUT2D eigenvalue weighted by Gasteiger charge is -2.35. The van der Waals surface area contributed by atoms with Crippen LogP contribution >= 0.6 is 27.3 Å². The number of ether oxygens (including phenoxy) is 1. The molecule has 0 unspecified atom stereocenters. The van der Waals surface area contributed by atoms with Gasteiger partial charge in [0.2, 0.25) is 0 Å². The molecular weight excluding hydrogens is 286 g/mol. The Hall–Kier alpha value is -0.0600. The van der Waals surface area contributed by atoms with Crippen molar-refractivity contribution in [2.75, 3.05) is 7.05 Å². The third-order valence-electron chi connectivity index (χ3n) is 3.88. The third-order valence-corrected chi connectivity index (χ3v) is 5.46. The first-order chi connectivity index (χ1) is 7.72. The summed E-state index contributed by atoms with van der Waals surface area (Å²) in [6, 6.07) is 3.59. The highest BCUT2D eigenvalue weighted by molar-refractivity contribution is 9.10. The van der Waals surface area contributed by atoms with Crippen molar-refractivity contribution in [2.45, 2.75) is 43.9 Å². The van der Waals surface area contributed by atoms with Crippen molar-refractivity contribution in [2.24, 2.45) is 0 Å². The summed E-state index contributed by atoms with van der Waals surface area (Å²) in [5, 5.41) is 3.14. The van der Waals surface area contributed by atoms with Gasteiger partial charge >= 0.3 is 0 Å². The van der Waals surface area contributed by atoms with Crippen LogP contribution in [0.4, 0.5) is 0 Å². The first-order valence-electron chi connectivity index (χ1n) is 5.85. The second-order valence-electron chi connectivity index (χ2n) is 4.85. The Bertz CT molecular complexity index is 367. The zero-order chi connectivity index (χ0) is 11.1. The molecule has 2 nitrogen and oxygen atoms in total. The Kier molecular flexibility index (Phi) is 2.98. The van der Waals surface area contributed by atoms with Gasteiger partial charge in [0.05, 0.1) is 0 Å². The lowest BCUT2D eigenvalue weighted by atomic mass is 10.0. The Labute approximate surface area is 109 Å². The Morgan fingerprint density at radius 3 is 2.62 bits per heavy atom. The first-order valence-corrected chi connectivity index (χ1v) is 7.52. The van der Waals surface area contributed by atoms with Gasteiger partial charge in [-0.1, -0.05) is 0 Å². The van der Waals surface area contributed by atoms with E-state index >= 15 is 0 Å². The van der Waals surface area contributed by atoms with Gasteiger partial charge in [0.15, 0.2) is 5.06 Å². The fraction of sp³-hybridized carbons (Fsp3) is 0.667. The minimum Gasteiger partial charge on any atom is -0.481 e. The highest BCUT2D eigenvalue weighted by Gasteiger charge is 2.39. The molecule has 2 bridgehead atoms. The van der Waals surface area contributed by atoms with Crippen molar-refractivity contribution in [1.29, 1.82) is 0 Å². The number of rotatable bonds is 2. The number of nitrogens with zero attached hydrogens (tertiary/aromatic N) is 1. The van der Waals surface area contributed by atoms with E-state index in [0.717, 1.165) is 21.6 Å². The molecule has 0 N–H and O–H groups in total. The molecule has 1 aromatic heterocycles. The molecule has 1 aromatic rings. The monoisotopic (exact) mass is 301 g/mol. The molecule has 0 aromatic carbocycles. The van der Waals surface area contributed by atoms with Gasteiger partial charge in [-0.25, -0.2) is 0 Å². The average molecular weight is 302 g/mol. The first kappa shape index (κ1) is 11.1. The van der Waals surface area contributed by atoms with Crippen molar-refractivity contribution in [3.8, 4) is 5.06 Å². The zero-order valence-electron chi connectivity index (χ0n) is 9.36. The predicted molar refractivity (Wildman–Crippen MR) is 70.2 cm³/mol. The van der Waals surface area contributed by atoms with Gasteiger partial charge < -0.3 is 9.64 Å². The molecule has 0 aliphatic carbocycles. The number of halogens is 1.